The van der Waals surface area contributed by atoms with Crippen molar-refractivity contribution in [3.05, 3.63) is 42.2 Å². The number of nitrogens with zero attached hydrogens (tertiary/aromatic N) is 1. The molecule has 1 aromatic carbocycles. The van der Waals surface area contributed by atoms with Gasteiger partial charge in [-0.1, -0.05) is 82.2 Å². The van der Waals surface area contributed by atoms with E-state index in [0.29, 0.717) is 0 Å². The van der Waals surface area contributed by atoms with Crippen molar-refractivity contribution < 1.29 is 0 Å². The fourth-order valence-corrected chi connectivity index (χ4v) is 2.68. The highest BCUT2D eigenvalue weighted by Gasteiger charge is 2.02. The van der Waals surface area contributed by atoms with Gasteiger partial charge in [-0.05, 0) is 12.8 Å². The molecule has 0 aliphatic heterocycles. The number of benzene rings is 1. The Morgan fingerprint density at radius 2 is 1.52 bits per heavy atom. The van der Waals surface area contributed by atoms with Gasteiger partial charge in [0, 0.05) is 17.5 Å². The third-order valence-corrected chi connectivity index (χ3v) is 3.98. The lowest BCUT2D eigenvalue weighted by atomic mass is 10.1. The molecule has 0 spiro atoms. The van der Waals surface area contributed by atoms with Gasteiger partial charge in [0.2, 0.25) is 0 Å². The molecule has 2 aromatic rings. The predicted octanol–water partition coefficient (Wildman–Crippen LogP) is 5.76. The molecule has 0 fully saturated rings. The van der Waals surface area contributed by atoms with E-state index < -0.39 is 0 Å². The zero-order valence-corrected chi connectivity index (χ0v) is 13.3. The van der Waals surface area contributed by atoms with Crippen molar-refractivity contribution in [2.45, 2.75) is 64.7 Å². The molecule has 114 valence electrons. The fourth-order valence-electron chi connectivity index (χ4n) is 2.68. The highest BCUT2D eigenvalue weighted by Crippen LogP contribution is 2.16. The van der Waals surface area contributed by atoms with Gasteiger partial charge in [-0.3, -0.25) is 0 Å². The second-order valence-electron chi connectivity index (χ2n) is 5.85. The first-order chi connectivity index (χ1) is 10.4. The van der Waals surface area contributed by atoms with Crippen LogP contribution in [0, 0.1) is 0 Å². The monoisotopic (exact) mass is 284 g/mol. The fraction of sp³-hybridized carbons (Fsp3) is 0.526. The molecular weight excluding hydrogens is 256 g/mol. The summed E-state index contributed by atoms with van der Waals surface area (Å²) in [5, 5.41) is 0. The molecule has 0 radical (unpaired) electrons. The van der Waals surface area contributed by atoms with Crippen LogP contribution in [0.2, 0.25) is 0 Å². The average Bonchev–Trinajstić information content (AvgIpc) is 3.00. The van der Waals surface area contributed by atoms with Crippen LogP contribution < -0.4 is 0 Å². The number of aryl methyl sites for hydroxylation is 1. The lowest BCUT2D eigenvalue weighted by Crippen LogP contribution is -1.87. The van der Waals surface area contributed by atoms with E-state index in [1.54, 1.807) is 0 Å². The van der Waals surface area contributed by atoms with Gasteiger partial charge >= 0.3 is 0 Å². The van der Waals surface area contributed by atoms with Crippen LogP contribution in [0.3, 0.4) is 0 Å². The van der Waals surface area contributed by atoms with Crippen LogP contribution >= 0.6 is 0 Å². The Balaban J connectivity index is 1.63. The van der Waals surface area contributed by atoms with Crippen molar-refractivity contribution in [2.75, 3.05) is 0 Å². The van der Waals surface area contributed by atoms with Gasteiger partial charge in [0.05, 0.1) is 0 Å². The first-order valence-corrected chi connectivity index (χ1v) is 8.49. The summed E-state index contributed by atoms with van der Waals surface area (Å²) >= 11 is 0. The minimum absolute atomic E-state index is 0.991. The van der Waals surface area contributed by atoms with Crippen molar-refractivity contribution in [1.29, 1.82) is 0 Å². The standard InChI is InChI=1S/C19H28N2/c1-2-3-4-5-6-7-8-12-15-18-16-20-19(21-18)17-13-10-9-11-14-17/h9-11,13-14,16H,2-8,12,15H2,1H3,(H,20,21). The molecule has 0 aliphatic rings. The molecule has 0 atom stereocenters. The van der Waals surface area contributed by atoms with Gasteiger partial charge in [-0.2, -0.15) is 0 Å². The molecule has 1 N–H and O–H groups in total. The molecule has 2 nitrogen and oxygen atoms in total. The maximum absolute atomic E-state index is 4.48. The third kappa shape index (κ3) is 5.74. The Morgan fingerprint density at radius 1 is 0.857 bits per heavy atom. The normalized spacial score (nSPS) is 10.9. The Labute approximate surface area is 129 Å². The number of hydrogen-bond donors (Lipinski definition) is 1. The van der Waals surface area contributed by atoms with Crippen LogP contribution in [0.25, 0.3) is 11.4 Å². The van der Waals surface area contributed by atoms with Crippen molar-refractivity contribution >= 4 is 0 Å². The zero-order valence-electron chi connectivity index (χ0n) is 13.3. The summed E-state index contributed by atoms with van der Waals surface area (Å²) in [4.78, 5) is 7.92. The Morgan fingerprint density at radius 3 is 2.24 bits per heavy atom. The summed E-state index contributed by atoms with van der Waals surface area (Å²) in [6.07, 6.45) is 14.1. The smallest absolute Gasteiger partial charge is 0.137 e. The summed E-state index contributed by atoms with van der Waals surface area (Å²) in [5.74, 6) is 0.991. The number of aromatic amines is 1. The van der Waals surface area contributed by atoms with Gasteiger partial charge in [0.1, 0.15) is 5.82 Å². The summed E-state index contributed by atoms with van der Waals surface area (Å²) in [6, 6.07) is 10.3. The molecule has 1 aromatic heterocycles. The number of aromatic nitrogens is 2. The molecule has 0 saturated heterocycles. The van der Waals surface area contributed by atoms with Gasteiger partial charge in [-0.25, -0.2) is 4.98 Å². The van der Waals surface area contributed by atoms with Crippen LogP contribution in [0.15, 0.2) is 36.5 Å². The van der Waals surface area contributed by atoms with E-state index in [1.807, 2.05) is 12.3 Å². The topological polar surface area (TPSA) is 28.7 Å². The SMILES string of the molecule is CCCCCCCCCCc1cnc(-c2ccccc2)[nH]1. The largest absolute Gasteiger partial charge is 0.342 e. The molecule has 0 bridgehead atoms. The van der Waals surface area contributed by atoms with Crippen LogP contribution in [-0.2, 0) is 6.42 Å². The maximum atomic E-state index is 4.48. The predicted molar refractivity (Wildman–Crippen MR) is 90.3 cm³/mol. The van der Waals surface area contributed by atoms with E-state index >= 15 is 0 Å². The number of hydrogen-bond acceptors (Lipinski definition) is 1. The van der Waals surface area contributed by atoms with Crippen molar-refractivity contribution in [3.8, 4) is 11.4 Å². The second-order valence-corrected chi connectivity index (χ2v) is 5.85. The van der Waals surface area contributed by atoms with E-state index in [1.165, 1.54) is 62.6 Å². The first kappa shape index (κ1) is 15.8. The minimum Gasteiger partial charge on any atom is -0.342 e. The van der Waals surface area contributed by atoms with Gasteiger partial charge < -0.3 is 4.98 Å². The van der Waals surface area contributed by atoms with Gasteiger partial charge in [-0.15, -0.1) is 0 Å². The molecule has 0 aliphatic carbocycles. The highest BCUT2D eigenvalue weighted by molar-refractivity contribution is 5.54. The first-order valence-electron chi connectivity index (χ1n) is 8.49. The minimum atomic E-state index is 0.991. The number of H-pyrrole nitrogens is 1. The molecule has 0 unspecified atom stereocenters. The van der Waals surface area contributed by atoms with E-state index in [2.05, 4.69) is 41.2 Å². The van der Waals surface area contributed by atoms with E-state index in [0.717, 1.165) is 12.2 Å². The average molecular weight is 284 g/mol. The molecule has 2 heteroatoms. The number of nitrogens with one attached hydrogen (secondary N) is 1. The van der Waals surface area contributed by atoms with Crippen LogP contribution in [-0.4, -0.2) is 9.97 Å². The molecule has 2 rings (SSSR count). The molecule has 21 heavy (non-hydrogen) atoms. The van der Waals surface area contributed by atoms with E-state index in [4.69, 9.17) is 0 Å². The molecular formula is C19H28N2. The molecule has 0 saturated carbocycles. The van der Waals surface area contributed by atoms with Crippen molar-refractivity contribution in [2.24, 2.45) is 0 Å². The maximum Gasteiger partial charge on any atom is 0.137 e. The lowest BCUT2D eigenvalue weighted by molar-refractivity contribution is 0.574. The number of unbranched alkanes of at least 4 members (excludes halogenated alkanes) is 7. The second kappa shape index (κ2) is 9.38. The van der Waals surface area contributed by atoms with Crippen LogP contribution in [0.1, 0.15) is 64.0 Å². The van der Waals surface area contributed by atoms with E-state index in [-0.39, 0.29) is 0 Å². The van der Waals surface area contributed by atoms with Crippen LogP contribution in [0.5, 0.6) is 0 Å². The van der Waals surface area contributed by atoms with Crippen molar-refractivity contribution in [1.82, 2.24) is 9.97 Å². The summed E-state index contributed by atoms with van der Waals surface area (Å²) < 4.78 is 0. The summed E-state index contributed by atoms with van der Waals surface area (Å²) in [5.41, 5.74) is 2.43. The highest BCUT2D eigenvalue weighted by atomic mass is 14.9. The van der Waals surface area contributed by atoms with Gasteiger partial charge in [0.25, 0.3) is 0 Å². The number of rotatable bonds is 10. The van der Waals surface area contributed by atoms with Crippen molar-refractivity contribution in [3.63, 3.8) is 0 Å². The van der Waals surface area contributed by atoms with E-state index in [9.17, 15) is 0 Å². The van der Waals surface area contributed by atoms with Gasteiger partial charge in [0.15, 0.2) is 0 Å². The Bertz CT molecular complexity index is 487. The summed E-state index contributed by atoms with van der Waals surface area (Å²) in [6.45, 7) is 2.27. The lowest BCUT2D eigenvalue weighted by Gasteiger charge is -2.01. The quantitative estimate of drug-likeness (QED) is 0.552. The van der Waals surface area contributed by atoms with Crippen LogP contribution in [0.4, 0.5) is 0 Å². The Hall–Kier alpha value is -1.57. The molecule has 1 heterocycles. The number of imidazole rings is 1. The summed E-state index contributed by atoms with van der Waals surface area (Å²) in [7, 11) is 0. The third-order valence-electron chi connectivity index (χ3n) is 3.98. The zero-order chi connectivity index (χ0) is 14.8. The Kier molecular flexibility index (Phi) is 7.06. The molecule has 0 amide bonds.